The minimum absolute atomic E-state index is 0.0894. The molecule has 0 aromatic heterocycles. The maximum atomic E-state index is 13.0. The Bertz CT molecular complexity index is 578. The molecule has 0 aliphatic heterocycles. The van der Waals surface area contributed by atoms with Gasteiger partial charge in [0.15, 0.2) is 0 Å². The second-order valence-electron chi connectivity index (χ2n) is 4.66. The number of amides is 1. The number of nitrogens with one attached hydrogen (secondary N) is 1. The van der Waals surface area contributed by atoms with E-state index in [9.17, 15) is 9.18 Å². The average Bonchev–Trinajstić information content (AvgIpc) is 2.47. The summed E-state index contributed by atoms with van der Waals surface area (Å²) < 4.78 is 13.0. The summed E-state index contributed by atoms with van der Waals surface area (Å²) >= 11 is 0. The van der Waals surface area contributed by atoms with E-state index in [4.69, 9.17) is 5.73 Å². The van der Waals surface area contributed by atoms with E-state index in [1.807, 2.05) is 12.1 Å². The van der Waals surface area contributed by atoms with Gasteiger partial charge in [-0.2, -0.15) is 0 Å². The van der Waals surface area contributed by atoms with Crippen molar-refractivity contribution in [3.05, 3.63) is 65.5 Å². The first-order chi connectivity index (χ1) is 9.60. The standard InChI is InChI=1S/C16H17FN2O/c1-19-16(20)15(12-4-6-13(17)7-5-12)10-11-2-8-14(18)9-3-11/h2-9,15H,10,18H2,1H3,(H,19,20). The highest BCUT2D eigenvalue weighted by Crippen LogP contribution is 2.22. The second kappa shape index (κ2) is 6.19. The fourth-order valence-electron chi connectivity index (χ4n) is 2.12. The molecule has 0 heterocycles. The topological polar surface area (TPSA) is 55.1 Å². The van der Waals surface area contributed by atoms with Crippen molar-refractivity contribution in [3.8, 4) is 0 Å². The monoisotopic (exact) mass is 272 g/mol. The molecule has 0 fully saturated rings. The van der Waals surface area contributed by atoms with E-state index in [2.05, 4.69) is 5.32 Å². The van der Waals surface area contributed by atoms with Gasteiger partial charge in [-0.15, -0.1) is 0 Å². The van der Waals surface area contributed by atoms with E-state index in [0.29, 0.717) is 12.1 Å². The third-order valence-corrected chi connectivity index (χ3v) is 3.25. The Morgan fingerprint density at radius 2 is 1.75 bits per heavy atom. The van der Waals surface area contributed by atoms with Crippen LogP contribution in [0.4, 0.5) is 10.1 Å². The molecular formula is C16H17FN2O. The maximum absolute atomic E-state index is 13.0. The third-order valence-electron chi connectivity index (χ3n) is 3.25. The van der Waals surface area contributed by atoms with Crippen molar-refractivity contribution >= 4 is 11.6 Å². The summed E-state index contributed by atoms with van der Waals surface area (Å²) in [6, 6.07) is 13.4. The Hall–Kier alpha value is -2.36. The molecule has 1 amide bonds. The molecule has 0 radical (unpaired) electrons. The molecule has 104 valence electrons. The molecule has 0 aliphatic carbocycles. The van der Waals surface area contributed by atoms with Crippen LogP contribution in [0.2, 0.25) is 0 Å². The fourth-order valence-corrected chi connectivity index (χ4v) is 2.12. The molecule has 0 saturated heterocycles. The number of rotatable bonds is 4. The van der Waals surface area contributed by atoms with E-state index < -0.39 is 0 Å². The molecule has 2 aromatic rings. The minimum Gasteiger partial charge on any atom is -0.399 e. The van der Waals surface area contributed by atoms with Gasteiger partial charge >= 0.3 is 0 Å². The van der Waals surface area contributed by atoms with Crippen molar-refractivity contribution < 1.29 is 9.18 Å². The summed E-state index contributed by atoms with van der Waals surface area (Å²) in [4.78, 5) is 12.0. The fraction of sp³-hybridized carbons (Fsp3) is 0.188. The number of nitrogen functional groups attached to an aromatic ring is 1. The number of carbonyl (C=O) groups excluding carboxylic acids is 1. The van der Waals surface area contributed by atoms with Crippen LogP contribution >= 0.6 is 0 Å². The maximum Gasteiger partial charge on any atom is 0.227 e. The summed E-state index contributed by atoms with van der Waals surface area (Å²) in [5.74, 6) is -0.741. The summed E-state index contributed by atoms with van der Waals surface area (Å²) in [5.41, 5.74) is 8.14. The van der Waals surface area contributed by atoms with Crippen molar-refractivity contribution in [2.75, 3.05) is 12.8 Å². The van der Waals surface area contributed by atoms with Crippen LogP contribution in [0, 0.1) is 5.82 Å². The van der Waals surface area contributed by atoms with Crippen molar-refractivity contribution in [1.29, 1.82) is 0 Å². The summed E-state index contributed by atoms with van der Waals surface area (Å²) in [5, 5.41) is 2.65. The second-order valence-corrected chi connectivity index (χ2v) is 4.66. The zero-order valence-electron chi connectivity index (χ0n) is 11.3. The molecule has 0 spiro atoms. The summed E-state index contributed by atoms with van der Waals surface area (Å²) in [6.45, 7) is 0. The quantitative estimate of drug-likeness (QED) is 0.840. The van der Waals surface area contributed by atoms with Crippen molar-refractivity contribution in [2.45, 2.75) is 12.3 Å². The first-order valence-electron chi connectivity index (χ1n) is 6.41. The molecule has 0 bridgehead atoms. The van der Waals surface area contributed by atoms with E-state index in [1.165, 1.54) is 12.1 Å². The van der Waals surface area contributed by atoms with Gasteiger partial charge in [0.05, 0.1) is 5.92 Å². The lowest BCUT2D eigenvalue weighted by Crippen LogP contribution is -2.27. The van der Waals surface area contributed by atoms with Gasteiger partial charge in [-0.1, -0.05) is 24.3 Å². The predicted molar refractivity (Wildman–Crippen MR) is 77.8 cm³/mol. The highest BCUT2D eigenvalue weighted by atomic mass is 19.1. The molecule has 4 heteroatoms. The number of nitrogens with two attached hydrogens (primary N) is 1. The first kappa shape index (κ1) is 14.1. The molecule has 0 aliphatic rings. The third kappa shape index (κ3) is 3.35. The molecule has 3 N–H and O–H groups in total. The van der Waals surface area contributed by atoms with Gasteiger partial charge in [0.2, 0.25) is 5.91 Å². The van der Waals surface area contributed by atoms with E-state index in [1.54, 1.807) is 31.3 Å². The largest absolute Gasteiger partial charge is 0.399 e. The lowest BCUT2D eigenvalue weighted by molar-refractivity contribution is -0.122. The van der Waals surface area contributed by atoms with Crippen molar-refractivity contribution in [3.63, 3.8) is 0 Å². The Labute approximate surface area is 117 Å². The van der Waals surface area contributed by atoms with E-state index in [-0.39, 0.29) is 17.6 Å². The molecule has 2 rings (SSSR count). The minimum atomic E-state index is -0.343. The Balaban J connectivity index is 2.26. The van der Waals surface area contributed by atoms with Gasteiger partial charge in [0.1, 0.15) is 5.82 Å². The zero-order valence-corrected chi connectivity index (χ0v) is 11.3. The smallest absolute Gasteiger partial charge is 0.227 e. The van der Waals surface area contributed by atoms with Gasteiger partial charge in [-0.25, -0.2) is 4.39 Å². The molecule has 1 atom stereocenters. The first-order valence-corrected chi connectivity index (χ1v) is 6.41. The normalized spacial score (nSPS) is 11.9. The van der Waals surface area contributed by atoms with Gasteiger partial charge in [-0.05, 0) is 41.8 Å². The van der Waals surface area contributed by atoms with Gasteiger partial charge in [-0.3, -0.25) is 4.79 Å². The summed E-state index contributed by atoms with van der Waals surface area (Å²) in [6.07, 6.45) is 0.547. The van der Waals surface area contributed by atoms with E-state index in [0.717, 1.165) is 11.1 Å². The predicted octanol–water partition coefficient (Wildman–Crippen LogP) is 2.48. The van der Waals surface area contributed by atoms with Crippen LogP contribution in [0.15, 0.2) is 48.5 Å². The number of anilines is 1. The summed E-state index contributed by atoms with van der Waals surface area (Å²) in [7, 11) is 1.60. The van der Waals surface area contributed by atoms with Crippen LogP contribution < -0.4 is 11.1 Å². The van der Waals surface area contributed by atoms with Crippen LogP contribution in [0.25, 0.3) is 0 Å². The molecule has 20 heavy (non-hydrogen) atoms. The number of hydrogen-bond acceptors (Lipinski definition) is 2. The molecule has 1 unspecified atom stereocenters. The van der Waals surface area contributed by atoms with Crippen molar-refractivity contribution in [2.24, 2.45) is 0 Å². The number of halogens is 1. The molecule has 2 aromatic carbocycles. The average molecular weight is 272 g/mol. The van der Waals surface area contributed by atoms with Crippen LogP contribution in [-0.2, 0) is 11.2 Å². The Morgan fingerprint density at radius 3 is 2.30 bits per heavy atom. The molecule has 3 nitrogen and oxygen atoms in total. The lowest BCUT2D eigenvalue weighted by Gasteiger charge is -2.16. The molecular weight excluding hydrogens is 255 g/mol. The van der Waals surface area contributed by atoms with Crippen molar-refractivity contribution in [1.82, 2.24) is 5.32 Å². The Morgan fingerprint density at radius 1 is 1.15 bits per heavy atom. The van der Waals surface area contributed by atoms with Crippen LogP contribution in [-0.4, -0.2) is 13.0 Å². The number of hydrogen-bond donors (Lipinski definition) is 2. The zero-order chi connectivity index (χ0) is 14.5. The van der Waals surface area contributed by atoms with Crippen LogP contribution in [0.1, 0.15) is 17.0 Å². The van der Waals surface area contributed by atoms with Gasteiger partial charge in [0.25, 0.3) is 0 Å². The van der Waals surface area contributed by atoms with Crippen LogP contribution in [0.5, 0.6) is 0 Å². The number of likely N-dealkylation sites (N-methyl/N-ethyl adjacent to an activating group) is 1. The lowest BCUT2D eigenvalue weighted by atomic mass is 9.91. The highest BCUT2D eigenvalue weighted by molar-refractivity contribution is 5.83. The SMILES string of the molecule is CNC(=O)C(Cc1ccc(N)cc1)c1ccc(F)cc1. The van der Waals surface area contributed by atoms with E-state index >= 15 is 0 Å². The Kier molecular flexibility index (Phi) is 4.35. The molecule has 0 saturated carbocycles. The number of carbonyl (C=O) groups is 1. The van der Waals surface area contributed by atoms with Gasteiger partial charge < -0.3 is 11.1 Å². The number of benzene rings is 2. The van der Waals surface area contributed by atoms with Gasteiger partial charge in [0, 0.05) is 12.7 Å². The van der Waals surface area contributed by atoms with Crippen LogP contribution in [0.3, 0.4) is 0 Å². The highest BCUT2D eigenvalue weighted by Gasteiger charge is 2.20.